The minimum atomic E-state index is 0.283. The summed E-state index contributed by atoms with van der Waals surface area (Å²) in [4.78, 5) is 8.37. The van der Waals surface area contributed by atoms with Crippen molar-refractivity contribution in [3.05, 3.63) is 28.9 Å². The van der Waals surface area contributed by atoms with Gasteiger partial charge >= 0.3 is 0 Å². The van der Waals surface area contributed by atoms with Crippen LogP contribution in [0.5, 0.6) is 0 Å². The van der Waals surface area contributed by atoms with Gasteiger partial charge in [0.2, 0.25) is 0 Å². The number of fused-ring (bicyclic) bond motifs is 1. The number of hydrogen-bond donors (Lipinski definition) is 2. The Morgan fingerprint density at radius 1 is 1.29 bits per heavy atom. The Hall–Kier alpha value is -1.39. The molecule has 0 aliphatic heterocycles. The van der Waals surface area contributed by atoms with Crippen LogP contribution in [-0.2, 0) is 0 Å². The van der Waals surface area contributed by atoms with Crippen LogP contribution in [0.3, 0.4) is 0 Å². The van der Waals surface area contributed by atoms with E-state index in [1.807, 2.05) is 25.1 Å². The van der Waals surface area contributed by atoms with Crippen LogP contribution in [0, 0.1) is 6.92 Å². The summed E-state index contributed by atoms with van der Waals surface area (Å²) in [5.74, 6) is 5.63. The Bertz CT molecular complexity index is 483. The smallest absolute Gasteiger partial charge is 0.178 e. The zero-order valence-electron chi connectivity index (χ0n) is 7.58. The van der Waals surface area contributed by atoms with Gasteiger partial charge in [-0.15, -0.1) is 0 Å². The average Bonchev–Trinajstić information content (AvgIpc) is 2.16. The van der Waals surface area contributed by atoms with Crippen molar-refractivity contribution in [3.63, 3.8) is 0 Å². The molecule has 0 fully saturated rings. The third-order valence-electron chi connectivity index (χ3n) is 1.91. The Labute approximate surface area is 86.1 Å². The lowest BCUT2D eigenvalue weighted by Crippen LogP contribution is -2.09. The van der Waals surface area contributed by atoms with Crippen molar-refractivity contribution in [3.8, 4) is 0 Å². The summed E-state index contributed by atoms with van der Waals surface area (Å²) in [5, 5.41) is 0.283. The SMILES string of the molecule is Cc1ccc2nc(NN)c(Cl)nc2c1. The maximum absolute atomic E-state index is 5.84. The van der Waals surface area contributed by atoms with Crippen molar-refractivity contribution < 1.29 is 0 Å². The minimum Gasteiger partial charge on any atom is -0.306 e. The van der Waals surface area contributed by atoms with Crippen molar-refractivity contribution in [1.29, 1.82) is 0 Å². The van der Waals surface area contributed by atoms with Gasteiger partial charge in [-0.3, -0.25) is 0 Å². The summed E-state index contributed by atoms with van der Waals surface area (Å²) >= 11 is 5.84. The predicted molar refractivity (Wildman–Crippen MR) is 57.1 cm³/mol. The zero-order chi connectivity index (χ0) is 10.1. The number of nitrogens with two attached hydrogens (primary N) is 1. The first-order chi connectivity index (χ1) is 6.70. The molecule has 14 heavy (non-hydrogen) atoms. The number of aromatic nitrogens is 2. The van der Waals surface area contributed by atoms with E-state index in [2.05, 4.69) is 15.4 Å². The lowest BCUT2D eigenvalue weighted by molar-refractivity contribution is 1.21. The number of aryl methyl sites for hydroxylation is 1. The molecule has 1 aromatic heterocycles. The fourth-order valence-corrected chi connectivity index (χ4v) is 1.42. The lowest BCUT2D eigenvalue weighted by Gasteiger charge is -2.03. The number of benzene rings is 1. The first-order valence-corrected chi connectivity index (χ1v) is 4.49. The highest BCUT2D eigenvalue weighted by Crippen LogP contribution is 2.20. The minimum absolute atomic E-state index is 0.283. The van der Waals surface area contributed by atoms with E-state index in [4.69, 9.17) is 17.4 Å². The molecule has 2 rings (SSSR count). The van der Waals surface area contributed by atoms with Crippen molar-refractivity contribution in [2.75, 3.05) is 5.43 Å². The highest BCUT2D eigenvalue weighted by molar-refractivity contribution is 6.32. The van der Waals surface area contributed by atoms with Crippen molar-refractivity contribution in [1.82, 2.24) is 9.97 Å². The molecule has 0 aliphatic rings. The van der Waals surface area contributed by atoms with Crippen LogP contribution in [0.1, 0.15) is 5.56 Å². The predicted octanol–water partition coefficient (Wildman–Crippen LogP) is 1.88. The van der Waals surface area contributed by atoms with Crippen LogP contribution in [0.2, 0.25) is 5.15 Å². The van der Waals surface area contributed by atoms with Crippen LogP contribution in [0.4, 0.5) is 5.82 Å². The molecule has 0 radical (unpaired) electrons. The van der Waals surface area contributed by atoms with E-state index >= 15 is 0 Å². The van der Waals surface area contributed by atoms with Gasteiger partial charge in [-0.2, -0.15) is 0 Å². The number of rotatable bonds is 1. The van der Waals surface area contributed by atoms with E-state index in [1.165, 1.54) is 0 Å². The fourth-order valence-electron chi connectivity index (χ4n) is 1.23. The molecule has 3 N–H and O–H groups in total. The first kappa shape index (κ1) is 9.18. The van der Waals surface area contributed by atoms with Crippen LogP contribution < -0.4 is 11.3 Å². The number of nitrogen functional groups attached to an aromatic ring is 1. The van der Waals surface area contributed by atoms with Crippen LogP contribution in [0.15, 0.2) is 18.2 Å². The van der Waals surface area contributed by atoms with Gasteiger partial charge in [0.05, 0.1) is 11.0 Å². The summed E-state index contributed by atoms with van der Waals surface area (Å²) in [5.41, 5.74) is 5.06. The van der Waals surface area contributed by atoms with Crippen LogP contribution in [0.25, 0.3) is 11.0 Å². The standard InChI is InChI=1S/C9H9ClN4/c1-5-2-3-6-7(4-5)12-8(10)9(13-6)14-11/h2-4H,11H2,1H3,(H,13,14). The highest BCUT2D eigenvalue weighted by atomic mass is 35.5. The van der Waals surface area contributed by atoms with Crippen molar-refractivity contribution >= 4 is 28.5 Å². The number of nitrogens with one attached hydrogen (secondary N) is 1. The maximum atomic E-state index is 5.84. The molecule has 2 aromatic rings. The molecule has 0 bridgehead atoms. The van der Waals surface area contributed by atoms with Gasteiger partial charge in [0.15, 0.2) is 11.0 Å². The van der Waals surface area contributed by atoms with E-state index < -0.39 is 0 Å². The van der Waals surface area contributed by atoms with Gasteiger partial charge < -0.3 is 5.43 Å². The molecule has 1 aromatic carbocycles. The van der Waals surface area contributed by atoms with Gasteiger partial charge in [0.1, 0.15) is 0 Å². The van der Waals surface area contributed by atoms with Gasteiger partial charge in [0.25, 0.3) is 0 Å². The third-order valence-corrected chi connectivity index (χ3v) is 2.18. The lowest BCUT2D eigenvalue weighted by atomic mass is 10.2. The zero-order valence-corrected chi connectivity index (χ0v) is 8.34. The topological polar surface area (TPSA) is 63.8 Å². The summed E-state index contributed by atoms with van der Waals surface area (Å²) in [6, 6.07) is 5.77. The second-order valence-corrected chi connectivity index (χ2v) is 3.36. The third kappa shape index (κ3) is 1.49. The maximum Gasteiger partial charge on any atom is 0.178 e. The molecule has 0 saturated heterocycles. The first-order valence-electron chi connectivity index (χ1n) is 4.11. The van der Waals surface area contributed by atoms with Crippen molar-refractivity contribution in [2.45, 2.75) is 6.92 Å². The fraction of sp³-hybridized carbons (Fsp3) is 0.111. The Kier molecular flexibility index (Phi) is 2.23. The average molecular weight is 209 g/mol. The summed E-state index contributed by atoms with van der Waals surface area (Å²) in [7, 11) is 0. The summed E-state index contributed by atoms with van der Waals surface area (Å²) < 4.78 is 0. The molecule has 0 amide bonds. The van der Waals surface area contributed by atoms with E-state index in [-0.39, 0.29) is 5.15 Å². The largest absolute Gasteiger partial charge is 0.306 e. The molecule has 0 saturated carbocycles. The van der Waals surface area contributed by atoms with Crippen molar-refractivity contribution in [2.24, 2.45) is 5.84 Å². The van der Waals surface area contributed by atoms with Crippen LogP contribution in [-0.4, -0.2) is 9.97 Å². The molecule has 0 unspecified atom stereocenters. The Morgan fingerprint density at radius 3 is 2.79 bits per heavy atom. The second-order valence-electron chi connectivity index (χ2n) is 3.00. The summed E-state index contributed by atoms with van der Waals surface area (Å²) in [6.45, 7) is 1.99. The van der Waals surface area contributed by atoms with Gasteiger partial charge in [-0.05, 0) is 24.6 Å². The number of nitrogens with zero attached hydrogens (tertiary/aromatic N) is 2. The van der Waals surface area contributed by atoms with Gasteiger partial charge in [-0.1, -0.05) is 17.7 Å². The number of halogens is 1. The van der Waals surface area contributed by atoms with Gasteiger partial charge in [0, 0.05) is 0 Å². The van der Waals surface area contributed by atoms with Gasteiger partial charge in [-0.25, -0.2) is 15.8 Å². The molecule has 1 heterocycles. The Morgan fingerprint density at radius 2 is 2.07 bits per heavy atom. The Balaban J connectivity index is 2.73. The molecular weight excluding hydrogens is 200 g/mol. The highest BCUT2D eigenvalue weighted by Gasteiger charge is 2.04. The van der Waals surface area contributed by atoms with E-state index in [0.29, 0.717) is 5.82 Å². The molecule has 0 spiro atoms. The van der Waals surface area contributed by atoms with Crippen LogP contribution >= 0.6 is 11.6 Å². The normalized spacial score (nSPS) is 10.5. The molecular formula is C9H9ClN4. The molecule has 0 aliphatic carbocycles. The van der Waals surface area contributed by atoms with E-state index in [0.717, 1.165) is 16.6 Å². The summed E-state index contributed by atoms with van der Waals surface area (Å²) in [6.07, 6.45) is 0. The number of hydrogen-bond acceptors (Lipinski definition) is 4. The molecule has 72 valence electrons. The van der Waals surface area contributed by atoms with E-state index in [1.54, 1.807) is 0 Å². The monoisotopic (exact) mass is 208 g/mol. The number of hydrazine groups is 1. The van der Waals surface area contributed by atoms with E-state index in [9.17, 15) is 0 Å². The molecule has 4 nitrogen and oxygen atoms in total. The molecule has 5 heteroatoms. The second kappa shape index (κ2) is 3.40. The molecule has 0 atom stereocenters. The number of anilines is 1. The quantitative estimate of drug-likeness (QED) is 0.555.